The second kappa shape index (κ2) is 9.32. The van der Waals surface area contributed by atoms with E-state index in [0.717, 1.165) is 24.6 Å². The van der Waals surface area contributed by atoms with E-state index in [9.17, 15) is 9.59 Å². The molecule has 1 unspecified atom stereocenters. The molecule has 2 saturated heterocycles. The monoisotopic (exact) mass is 424 g/mol. The summed E-state index contributed by atoms with van der Waals surface area (Å²) in [6.45, 7) is 3.98. The number of hydrogen-bond acceptors (Lipinski definition) is 6. The van der Waals surface area contributed by atoms with Crippen LogP contribution in [0.3, 0.4) is 0 Å². The smallest absolute Gasteiger partial charge is 0.267 e. The van der Waals surface area contributed by atoms with Gasteiger partial charge in [-0.05, 0) is 42.2 Å². The standard InChI is InChI=1S/C17H21N4OP.C4H4N2O/c22-17-2-1-8-18-21(17)10-13-3-5-15(6-4-13)20-9-7-14-11-19(23)12-16(14)20;7-4-2-1-3-5-6-4/h1-6,8,14,16H,7,9-12,23H2;1-3H,(H,6,7)/t14-,16+;/m1./s1. The second-order valence-electron chi connectivity index (χ2n) is 7.56. The molecule has 3 atom stereocenters. The van der Waals surface area contributed by atoms with Crippen LogP contribution in [0.4, 0.5) is 5.69 Å². The molecular weight excluding hydrogens is 399 g/mol. The number of fused-ring (bicyclic) bond motifs is 1. The Kier molecular flexibility index (Phi) is 6.35. The van der Waals surface area contributed by atoms with Gasteiger partial charge in [0.05, 0.1) is 6.54 Å². The van der Waals surface area contributed by atoms with Gasteiger partial charge in [-0.25, -0.2) is 9.78 Å². The van der Waals surface area contributed by atoms with Gasteiger partial charge < -0.3 is 4.90 Å². The van der Waals surface area contributed by atoms with Gasteiger partial charge in [0.25, 0.3) is 11.1 Å². The average molecular weight is 424 g/mol. The number of nitrogens with zero attached hydrogens (tertiary/aromatic N) is 5. The van der Waals surface area contributed by atoms with Crippen LogP contribution in [-0.2, 0) is 6.54 Å². The van der Waals surface area contributed by atoms with E-state index in [1.165, 1.54) is 35.6 Å². The predicted molar refractivity (Wildman–Crippen MR) is 119 cm³/mol. The molecule has 4 heterocycles. The zero-order chi connectivity index (χ0) is 20.9. The molecule has 5 rings (SSSR count). The quantitative estimate of drug-likeness (QED) is 0.639. The summed E-state index contributed by atoms with van der Waals surface area (Å²) in [6, 6.07) is 15.4. The van der Waals surface area contributed by atoms with E-state index < -0.39 is 0 Å². The van der Waals surface area contributed by atoms with Crippen LogP contribution in [0, 0.1) is 5.92 Å². The van der Waals surface area contributed by atoms with Crippen LogP contribution in [0.15, 0.2) is 70.5 Å². The van der Waals surface area contributed by atoms with E-state index in [4.69, 9.17) is 0 Å². The fourth-order valence-electron chi connectivity index (χ4n) is 4.10. The van der Waals surface area contributed by atoms with Crippen LogP contribution < -0.4 is 16.0 Å². The Morgan fingerprint density at radius 1 is 1.03 bits per heavy atom. The zero-order valence-corrected chi connectivity index (χ0v) is 17.7. The lowest BCUT2D eigenvalue weighted by Gasteiger charge is -2.26. The Labute approximate surface area is 176 Å². The fraction of sp³-hybridized carbons (Fsp3) is 0.333. The molecule has 0 saturated carbocycles. The Balaban J connectivity index is 0.000000265. The van der Waals surface area contributed by atoms with Crippen LogP contribution >= 0.6 is 9.39 Å². The number of aromatic amines is 1. The third kappa shape index (κ3) is 4.83. The molecule has 2 aliphatic heterocycles. The molecule has 2 aromatic heterocycles. The van der Waals surface area contributed by atoms with E-state index in [1.807, 2.05) is 0 Å². The lowest BCUT2D eigenvalue weighted by atomic mass is 10.0. The maximum Gasteiger partial charge on any atom is 0.267 e. The molecule has 1 aromatic carbocycles. The summed E-state index contributed by atoms with van der Waals surface area (Å²) in [5.74, 6) is 0.791. The van der Waals surface area contributed by atoms with Crippen molar-refractivity contribution in [3.63, 3.8) is 0 Å². The molecule has 0 amide bonds. The zero-order valence-electron chi connectivity index (χ0n) is 16.6. The van der Waals surface area contributed by atoms with Gasteiger partial charge in [0, 0.05) is 55.9 Å². The number of nitrogens with one attached hydrogen (secondary N) is 1. The predicted octanol–water partition coefficient (Wildman–Crippen LogP) is 1.36. The van der Waals surface area contributed by atoms with Crippen molar-refractivity contribution in [1.29, 1.82) is 0 Å². The summed E-state index contributed by atoms with van der Waals surface area (Å²) in [4.78, 5) is 24.4. The van der Waals surface area contributed by atoms with Crippen molar-refractivity contribution >= 4 is 15.1 Å². The summed E-state index contributed by atoms with van der Waals surface area (Å²) in [6.07, 6.45) is 4.44. The average Bonchev–Trinajstić information content (AvgIpc) is 3.30. The Hall–Kier alpha value is -2.83. The normalized spacial score (nSPS) is 20.5. The van der Waals surface area contributed by atoms with E-state index in [1.54, 1.807) is 24.4 Å². The van der Waals surface area contributed by atoms with Crippen LogP contribution in [0.5, 0.6) is 0 Å². The highest BCUT2D eigenvalue weighted by Crippen LogP contribution is 2.36. The highest BCUT2D eigenvalue weighted by atomic mass is 31.0. The lowest BCUT2D eigenvalue weighted by molar-refractivity contribution is 0.520. The molecule has 2 fully saturated rings. The third-order valence-electron chi connectivity index (χ3n) is 5.54. The molecule has 0 spiro atoms. The van der Waals surface area contributed by atoms with Gasteiger partial charge in [-0.2, -0.15) is 10.2 Å². The van der Waals surface area contributed by atoms with Gasteiger partial charge in [-0.1, -0.05) is 21.5 Å². The van der Waals surface area contributed by atoms with Crippen LogP contribution in [0.2, 0.25) is 0 Å². The summed E-state index contributed by atoms with van der Waals surface area (Å²) < 4.78 is 3.84. The summed E-state index contributed by atoms with van der Waals surface area (Å²) >= 11 is 0. The van der Waals surface area contributed by atoms with Crippen molar-refractivity contribution in [2.75, 3.05) is 24.5 Å². The van der Waals surface area contributed by atoms with Crippen molar-refractivity contribution in [1.82, 2.24) is 24.6 Å². The first kappa shape index (κ1) is 20.4. The fourth-order valence-corrected chi connectivity index (χ4v) is 4.58. The Morgan fingerprint density at radius 3 is 2.50 bits per heavy atom. The molecule has 9 heteroatoms. The first-order chi connectivity index (χ1) is 14.6. The maximum absolute atomic E-state index is 11.7. The van der Waals surface area contributed by atoms with Gasteiger partial charge in [0.2, 0.25) is 0 Å². The molecule has 1 N–H and O–H groups in total. The first-order valence-corrected chi connectivity index (χ1v) is 10.5. The largest absolute Gasteiger partial charge is 0.367 e. The molecule has 0 aliphatic carbocycles. The van der Waals surface area contributed by atoms with Crippen LogP contribution in [-0.4, -0.2) is 50.3 Å². The van der Waals surface area contributed by atoms with Crippen molar-refractivity contribution in [3.8, 4) is 0 Å². The SMILES string of the molecule is O=c1cccn[nH]1.O=c1cccnn1Cc1ccc(N2CC[C@@H]3CN(P)C[C@@H]32)cc1. The number of anilines is 1. The maximum atomic E-state index is 11.7. The number of benzene rings is 1. The lowest BCUT2D eigenvalue weighted by Crippen LogP contribution is -2.33. The van der Waals surface area contributed by atoms with E-state index >= 15 is 0 Å². The van der Waals surface area contributed by atoms with Gasteiger partial charge in [0.15, 0.2) is 0 Å². The van der Waals surface area contributed by atoms with Crippen molar-refractivity contribution < 1.29 is 0 Å². The topological polar surface area (TPSA) is 87.1 Å². The molecule has 8 nitrogen and oxygen atoms in total. The Bertz CT molecular complexity index is 1070. The van der Waals surface area contributed by atoms with Crippen LogP contribution in [0.25, 0.3) is 0 Å². The van der Waals surface area contributed by atoms with E-state index in [0.29, 0.717) is 12.6 Å². The van der Waals surface area contributed by atoms with E-state index in [2.05, 4.69) is 58.5 Å². The van der Waals surface area contributed by atoms with Crippen molar-refractivity contribution in [2.45, 2.75) is 19.0 Å². The highest BCUT2D eigenvalue weighted by molar-refractivity contribution is 7.13. The number of H-pyrrole nitrogens is 1. The van der Waals surface area contributed by atoms with Gasteiger partial charge in [-0.15, -0.1) is 0 Å². The minimum absolute atomic E-state index is 0.0644. The number of hydrogen-bond donors (Lipinski definition) is 1. The minimum atomic E-state index is -0.164. The summed E-state index contributed by atoms with van der Waals surface area (Å²) in [7, 11) is 2.84. The van der Waals surface area contributed by atoms with Crippen molar-refractivity contribution in [3.05, 3.63) is 87.2 Å². The molecule has 0 radical (unpaired) electrons. The van der Waals surface area contributed by atoms with E-state index in [-0.39, 0.29) is 11.1 Å². The highest BCUT2D eigenvalue weighted by Gasteiger charge is 2.40. The summed E-state index contributed by atoms with van der Waals surface area (Å²) in [5.41, 5.74) is 2.16. The van der Waals surface area contributed by atoms with Crippen molar-refractivity contribution in [2.24, 2.45) is 5.92 Å². The molecule has 3 aromatic rings. The minimum Gasteiger partial charge on any atom is -0.367 e. The molecule has 30 heavy (non-hydrogen) atoms. The number of aromatic nitrogens is 4. The molecule has 0 bridgehead atoms. The number of rotatable bonds is 3. The molecule has 156 valence electrons. The Morgan fingerprint density at radius 2 is 1.83 bits per heavy atom. The third-order valence-corrected chi connectivity index (χ3v) is 5.97. The van der Waals surface area contributed by atoms with Gasteiger partial charge in [-0.3, -0.25) is 14.3 Å². The first-order valence-electron chi connectivity index (χ1n) is 9.97. The van der Waals surface area contributed by atoms with Crippen LogP contribution in [0.1, 0.15) is 12.0 Å². The van der Waals surface area contributed by atoms with Gasteiger partial charge >= 0.3 is 0 Å². The second-order valence-corrected chi connectivity index (χ2v) is 8.29. The molecule has 2 aliphatic rings. The molecular formula is C21H25N6O2P. The van der Waals surface area contributed by atoms with Gasteiger partial charge in [0.1, 0.15) is 0 Å². The summed E-state index contributed by atoms with van der Waals surface area (Å²) in [5, 5.41) is 9.78.